The molecule has 1 aliphatic carbocycles. The van der Waals surface area contributed by atoms with Gasteiger partial charge in [0.2, 0.25) is 0 Å². The third-order valence-corrected chi connectivity index (χ3v) is 6.53. The van der Waals surface area contributed by atoms with E-state index in [1.54, 1.807) is 4.90 Å². The molecule has 0 radical (unpaired) electrons. The third kappa shape index (κ3) is 7.13. The molecule has 1 saturated carbocycles. The van der Waals surface area contributed by atoms with E-state index in [1.165, 1.54) is 43.2 Å². The summed E-state index contributed by atoms with van der Waals surface area (Å²) in [6, 6.07) is 9.47. The predicted molar refractivity (Wildman–Crippen MR) is 125 cm³/mol. The minimum atomic E-state index is -0.225. The molecule has 2 fully saturated rings. The number of likely N-dealkylation sites (tertiary alicyclic amines) is 1. The Morgan fingerprint density at radius 2 is 1.84 bits per heavy atom. The molecular weight excluding hydrogens is 390 g/mol. The van der Waals surface area contributed by atoms with Crippen LogP contribution in [0.5, 0.6) is 0 Å². The number of nitrogens with one attached hydrogen (secondary N) is 1. The highest BCUT2D eigenvalue weighted by atomic mass is 16.6. The van der Waals surface area contributed by atoms with Crippen molar-refractivity contribution in [3.8, 4) is 0 Å². The molecule has 7 heteroatoms. The lowest BCUT2D eigenvalue weighted by atomic mass is 9.94. The molecule has 0 bridgehead atoms. The molecule has 1 amide bonds. The standard InChI is InChI=1S/C24H39N5O2/c1-3-31-24(30)29-15-13-21(14-16-29)27-23(25)26-17-19-9-7-8-10-20(19)18-28(2)22-11-5-4-6-12-22/h7-10,21-22H,3-6,11-18H2,1-2H3,(H3,25,26,27). The molecule has 0 aromatic heterocycles. The topological polar surface area (TPSA) is 83.2 Å². The minimum Gasteiger partial charge on any atom is -0.450 e. The van der Waals surface area contributed by atoms with Crippen molar-refractivity contribution < 1.29 is 9.53 Å². The number of nitrogens with zero attached hydrogens (tertiary/aromatic N) is 3. The van der Waals surface area contributed by atoms with Crippen LogP contribution in [-0.2, 0) is 17.8 Å². The van der Waals surface area contributed by atoms with Crippen molar-refractivity contribution in [2.24, 2.45) is 10.7 Å². The lowest BCUT2D eigenvalue weighted by Crippen LogP contribution is -2.48. The molecule has 1 aromatic rings. The zero-order valence-electron chi connectivity index (χ0n) is 19.2. The number of ether oxygens (including phenoxy) is 1. The summed E-state index contributed by atoms with van der Waals surface area (Å²) in [4.78, 5) is 20.7. The smallest absolute Gasteiger partial charge is 0.409 e. The van der Waals surface area contributed by atoms with Crippen LogP contribution < -0.4 is 11.1 Å². The summed E-state index contributed by atoms with van der Waals surface area (Å²) < 4.78 is 5.08. The first-order valence-corrected chi connectivity index (χ1v) is 11.8. The second-order valence-electron chi connectivity index (χ2n) is 8.78. The SMILES string of the molecule is CCOC(=O)N1CCC(NC(N)=NCc2ccccc2CN(C)C2CCCCC2)CC1. The van der Waals surface area contributed by atoms with Gasteiger partial charge in [-0.15, -0.1) is 0 Å². The van der Waals surface area contributed by atoms with Gasteiger partial charge in [-0.25, -0.2) is 9.79 Å². The number of rotatable bonds is 7. The van der Waals surface area contributed by atoms with Crippen LogP contribution in [0.25, 0.3) is 0 Å². The molecular formula is C24H39N5O2. The first kappa shape index (κ1) is 23.4. The molecule has 2 aliphatic rings. The number of carbonyl (C=O) groups excluding carboxylic acids is 1. The Balaban J connectivity index is 1.49. The summed E-state index contributed by atoms with van der Waals surface area (Å²) >= 11 is 0. The van der Waals surface area contributed by atoms with Gasteiger partial charge in [-0.2, -0.15) is 0 Å². The van der Waals surface area contributed by atoms with Crippen molar-refractivity contribution in [1.29, 1.82) is 0 Å². The fourth-order valence-corrected chi connectivity index (χ4v) is 4.63. The van der Waals surface area contributed by atoms with Crippen LogP contribution in [0.1, 0.15) is 63.0 Å². The van der Waals surface area contributed by atoms with Crippen LogP contribution in [-0.4, -0.2) is 60.7 Å². The first-order valence-electron chi connectivity index (χ1n) is 11.8. The molecule has 7 nitrogen and oxygen atoms in total. The largest absolute Gasteiger partial charge is 0.450 e. The molecule has 31 heavy (non-hydrogen) atoms. The Morgan fingerprint density at radius 3 is 2.52 bits per heavy atom. The van der Waals surface area contributed by atoms with Crippen molar-refractivity contribution >= 4 is 12.1 Å². The number of amides is 1. The van der Waals surface area contributed by atoms with Gasteiger partial charge >= 0.3 is 6.09 Å². The fourth-order valence-electron chi connectivity index (χ4n) is 4.63. The average Bonchev–Trinajstić information content (AvgIpc) is 2.79. The van der Waals surface area contributed by atoms with Gasteiger partial charge in [-0.05, 0) is 50.8 Å². The van der Waals surface area contributed by atoms with E-state index < -0.39 is 0 Å². The summed E-state index contributed by atoms with van der Waals surface area (Å²) in [5.74, 6) is 0.477. The van der Waals surface area contributed by atoms with Crippen LogP contribution in [0.15, 0.2) is 29.3 Å². The normalized spacial score (nSPS) is 18.9. The lowest BCUT2D eigenvalue weighted by Gasteiger charge is -2.32. The van der Waals surface area contributed by atoms with Crippen LogP contribution in [0, 0.1) is 0 Å². The van der Waals surface area contributed by atoms with Crippen molar-refractivity contribution in [3.05, 3.63) is 35.4 Å². The van der Waals surface area contributed by atoms with E-state index in [0.29, 0.717) is 38.2 Å². The highest BCUT2D eigenvalue weighted by Gasteiger charge is 2.24. The van der Waals surface area contributed by atoms with Gasteiger partial charge < -0.3 is 20.7 Å². The molecule has 1 saturated heterocycles. The maximum atomic E-state index is 11.8. The van der Waals surface area contributed by atoms with E-state index in [4.69, 9.17) is 10.5 Å². The van der Waals surface area contributed by atoms with Gasteiger partial charge in [0.15, 0.2) is 5.96 Å². The zero-order valence-corrected chi connectivity index (χ0v) is 19.2. The number of hydrogen-bond donors (Lipinski definition) is 2. The maximum absolute atomic E-state index is 11.8. The Bertz CT molecular complexity index is 724. The molecule has 0 spiro atoms. The van der Waals surface area contributed by atoms with Gasteiger partial charge in [0.1, 0.15) is 0 Å². The molecule has 0 atom stereocenters. The molecule has 3 rings (SSSR count). The molecule has 1 heterocycles. The van der Waals surface area contributed by atoms with Crippen LogP contribution in [0.3, 0.4) is 0 Å². The quantitative estimate of drug-likeness (QED) is 0.512. The molecule has 0 unspecified atom stereocenters. The van der Waals surface area contributed by atoms with E-state index in [2.05, 4.69) is 46.5 Å². The van der Waals surface area contributed by atoms with Crippen LogP contribution in [0.2, 0.25) is 0 Å². The summed E-state index contributed by atoms with van der Waals surface area (Å²) in [5.41, 5.74) is 8.74. The number of guanidine groups is 1. The predicted octanol–water partition coefficient (Wildman–Crippen LogP) is 3.48. The highest BCUT2D eigenvalue weighted by molar-refractivity contribution is 5.78. The number of piperidine rings is 1. The molecule has 1 aliphatic heterocycles. The summed E-state index contributed by atoms with van der Waals surface area (Å²) in [6.07, 6.45) is 8.16. The summed E-state index contributed by atoms with van der Waals surface area (Å²) in [7, 11) is 2.24. The van der Waals surface area contributed by atoms with E-state index in [0.717, 1.165) is 19.4 Å². The van der Waals surface area contributed by atoms with Gasteiger partial charge in [0.25, 0.3) is 0 Å². The van der Waals surface area contributed by atoms with Crippen LogP contribution >= 0.6 is 0 Å². The number of hydrogen-bond acceptors (Lipinski definition) is 4. The van der Waals surface area contributed by atoms with Crippen molar-refractivity contribution in [2.45, 2.75) is 77.0 Å². The highest BCUT2D eigenvalue weighted by Crippen LogP contribution is 2.23. The van der Waals surface area contributed by atoms with Gasteiger partial charge in [0, 0.05) is 31.7 Å². The fraction of sp³-hybridized carbons (Fsp3) is 0.667. The Kier molecular flexibility index (Phi) is 9.00. The van der Waals surface area contributed by atoms with Crippen LogP contribution in [0.4, 0.5) is 4.79 Å². The van der Waals surface area contributed by atoms with Crippen molar-refractivity contribution in [2.75, 3.05) is 26.7 Å². The van der Waals surface area contributed by atoms with E-state index in [9.17, 15) is 4.79 Å². The van der Waals surface area contributed by atoms with Gasteiger partial charge in [-0.3, -0.25) is 4.90 Å². The molecule has 172 valence electrons. The maximum Gasteiger partial charge on any atom is 0.409 e. The Morgan fingerprint density at radius 1 is 1.16 bits per heavy atom. The zero-order chi connectivity index (χ0) is 22.1. The van der Waals surface area contributed by atoms with E-state index in [1.807, 2.05) is 6.92 Å². The summed E-state index contributed by atoms with van der Waals surface area (Å²) in [6.45, 7) is 5.13. The van der Waals surface area contributed by atoms with Crippen molar-refractivity contribution in [3.63, 3.8) is 0 Å². The second-order valence-corrected chi connectivity index (χ2v) is 8.78. The van der Waals surface area contributed by atoms with Crippen molar-refractivity contribution in [1.82, 2.24) is 15.1 Å². The van der Waals surface area contributed by atoms with E-state index in [-0.39, 0.29) is 12.1 Å². The molecule has 3 N–H and O–H groups in total. The van der Waals surface area contributed by atoms with E-state index >= 15 is 0 Å². The Hall–Kier alpha value is -2.28. The molecule has 1 aromatic carbocycles. The monoisotopic (exact) mass is 429 g/mol. The first-order chi connectivity index (χ1) is 15.1. The number of aliphatic imine (C=N–C) groups is 1. The lowest BCUT2D eigenvalue weighted by molar-refractivity contribution is 0.0963. The van der Waals surface area contributed by atoms with Gasteiger partial charge in [0.05, 0.1) is 13.2 Å². The second kappa shape index (κ2) is 11.9. The number of nitrogens with two attached hydrogens (primary N) is 1. The van der Waals surface area contributed by atoms with Gasteiger partial charge in [-0.1, -0.05) is 43.5 Å². The number of benzene rings is 1. The summed E-state index contributed by atoms with van der Waals surface area (Å²) in [5, 5.41) is 3.33. The minimum absolute atomic E-state index is 0.225. The number of carbonyl (C=O) groups is 1. The third-order valence-electron chi connectivity index (χ3n) is 6.53. The Labute approximate surface area is 187 Å². The average molecular weight is 430 g/mol.